The SMILES string of the molecule is CCCNCCNC(=O)Cc1ccc(C)nc1.Cl.Cl. The molecular formula is C13H23Cl2N3O. The van der Waals surface area contributed by atoms with E-state index in [1.54, 1.807) is 6.20 Å². The van der Waals surface area contributed by atoms with E-state index in [1.807, 2.05) is 19.1 Å². The van der Waals surface area contributed by atoms with E-state index < -0.39 is 0 Å². The molecular weight excluding hydrogens is 285 g/mol. The summed E-state index contributed by atoms with van der Waals surface area (Å²) in [6, 6.07) is 3.86. The predicted molar refractivity (Wildman–Crippen MR) is 83.3 cm³/mol. The van der Waals surface area contributed by atoms with E-state index >= 15 is 0 Å². The molecule has 4 nitrogen and oxygen atoms in total. The summed E-state index contributed by atoms with van der Waals surface area (Å²) >= 11 is 0. The lowest BCUT2D eigenvalue weighted by molar-refractivity contribution is -0.120. The first-order valence-corrected chi connectivity index (χ1v) is 6.11. The van der Waals surface area contributed by atoms with E-state index in [-0.39, 0.29) is 30.7 Å². The van der Waals surface area contributed by atoms with Crippen molar-refractivity contribution in [1.29, 1.82) is 0 Å². The number of halogens is 2. The Balaban J connectivity index is 0. The molecule has 0 saturated heterocycles. The molecule has 0 aliphatic heterocycles. The molecule has 110 valence electrons. The summed E-state index contributed by atoms with van der Waals surface area (Å²) in [5.74, 6) is 0.0500. The number of nitrogens with one attached hydrogen (secondary N) is 2. The van der Waals surface area contributed by atoms with Crippen LogP contribution in [0.1, 0.15) is 24.6 Å². The van der Waals surface area contributed by atoms with Crippen molar-refractivity contribution < 1.29 is 4.79 Å². The van der Waals surface area contributed by atoms with Gasteiger partial charge in [0, 0.05) is 25.0 Å². The Hall–Kier alpha value is -0.840. The summed E-state index contributed by atoms with van der Waals surface area (Å²) in [5.41, 5.74) is 1.92. The smallest absolute Gasteiger partial charge is 0.224 e. The highest BCUT2D eigenvalue weighted by Crippen LogP contribution is 1.99. The molecule has 0 aromatic carbocycles. The first-order chi connectivity index (χ1) is 8.22. The molecule has 1 aromatic rings. The highest BCUT2D eigenvalue weighted by Gasteiger charge is 2.02. The van der Waals surface area contributed by atoms with Crippen LogP contribution in [0, 0.1) is 6.92 Å². The van der Waals surface area contributed by atoms with Gasteiger partial charge in [-0.1, -0.05) is 13.0 Å². The molecule has 19 heavy (non-hydrogen) atoms. The van der Waals surface area contributed by atoms with Gasteiger partial charge in [0.2, 0.25) is 5.91 Å². The lowest BCUT2D eigenvalue weighted by atomic mass is 10.2. The zero-order valence-electron chi connectivity index (χ0n) is 11.4. The highest BCUT2D eigenvalue weighted by atomic mass is 35.5. The molecule has 0 atom stereocenters. The lowest BCUT2D eigenvalue weighted by Gasteiger charge is -2.06. The fraction of sp³-hybridized carbons (Fsp3) is 0.538. The van der Waals surface area contributed by atoms with Gasteiger partial charge in [-0.3, -0.25) is 9.78 Å². The van der Waals surface area contributed by atoms with Crippen LogP contribution in [0.25, 0.3) is 0 Å². The third kappa shape index (κ3) is 9.70. The van der Waals surface area contributed by atoms with Gasteiger partial charge in [0.05, 0.1) is 6.42 Å². The minimum absolute atomic E-state index is 0. The largest absolute Gasteiger partial charge is 0.355 e. The second-order valence-corrected chi connectivity index (χ2v) is 4.08. The molecule has 0 saturated carbocycles. The number of amides is 1. The van der Waals surface area contributed by atoms with Crippen molar-refractivity contribution in [2.24, 2.45) is 0 Å². The molecule has 0 aliphatic rings. The summed E-state index contributed by atoms with van der Waals surface area (Å²) in [5, 5.41) is 6.11. The van der Waals surface area contributed by atoms with Crippen LogP contribution in [0.5, 0.6) is 0 Å². The van der Waals surface area contributed by atoms with Gasteiger partial charge in [-0.15, -0.1) is 24.8 Å². The third-order valence-corrected chi connectivity index (χ3v) is 2.39. The molecule has 1 aromatic heterocycles. The van der Waals surface area contributed by atoms with Gasteiger partial charge < -0.3 is 10.6 Å². The molecule has 0 spiro atoms. The van der Waals surface area contributed by atoms with E-state index in [0.29, 0.717) is 13.0 Å². The van der Waals surface area contributed by atoms with Crippen LogP contribution in [0.15, 0.2) is 18.3 Å². The van der Waals surface area contributed by atoms with Crippen molar-refractivity contribution in [3.05, 3.63) is 29.6 Å². The molecule has 0 bridgehead atoms. The Labute approximate surface area is 127 Å². The van der Waals surface area contributed by atoms with Crippen LogP contribution < -0.4 is 10.6 Å². The fourth-order valence-corrected chi connectivity index (χ4v) is 1.44. The maximum atomic E-state index is 11.6. The van der Waals surface area contributed by atoms with E-state index in [2.05, 4.69) is 22.5 Å². The third-order valence-electron chi connectivity index (χ3n) is 2.39. The summed E-state index contributed by atoms with van der Waals surface area (Å²) in [6.07, 6.45) is 3.27. The monoisotopic (exact) mass is 307 g/mol. The van der Waals surface area contributed by atoms with Crippen LogP contribution in [0.3, 0.4) is 0 Å². The number of carbonyl (C=O) groups excluding carboxylic acids is 1. The van der Waals surface area contributed by atoms with Gasteiger partial charge in [0.25, 0.3) is 0 Å². The number of nitrogens with zero attached hydrogens (tertiary/aromatic N) is 1. The van der Waals surface area contributed by atoms with Crippen LogP contribution in [-0.2, 0) is 11.2 Å². The topological polar surface area (TPSA) is 54.0 Å². The number of aromatic nitrogens is 1. The normalized spacial score (nSPS) is 9.16. The van der Waals surface area contributed by atoms with Crippen LogP contribution in [-0.4, -0.2) is 30.5 Å². The minimum atomic E-state index is 0. The van der Waals surface area contributed by atoms with Crippen LogP contribution in [0.4, 0.5) is 0 Å². The molecule has 2 N–H and O–H groups in total. The van der Waals surface area contributed by atoms with Crippen molar-refractivity contribution in [1.82, 2.24) is 15.6 Å². The van der Waals surface area contributed by atoms with E-state index in [1.165, 1.54) is 0 Å². The molecule has 1 heterocycles. The Kier molecular flexibility index (Phi) is 13.2. The second-order valence-electron chi connectivity index (χ2n) is 4.08. The Morgan fingerprint density at radius 2 is 1.95 bits per heavy atom. The predicted octanol–water partition coefficient (Wildman–Crippen LogP) is 1.89. The number of aryl methyl sites for hydroxylation is 1. The van der Waals surface area contributed by atoms with Crippen molar-refractivity contribution in [3.8, 4) is 0 Å². The molecule has 0 aliphatic carbocycles. The van der Waals surface area contributed by atoms with Crippen LogP contribution in [0.2, 0.25) is 0 Å². The fourth-order valence-electron chi connectivity index (χ4n) is 1.44. The quantitative estimate of drug-likeness (QED) is 0.756. The summed E-state index contributed by atoms with van der Waals surface area (Å²) in [4.78, 5) is 15.7. The van der Waals surface area contributed by atoms with E-state index in [4.69, 9.17) is 0 Å². The van der Waals surface area contributed by atoms with Gasteiger partial charge >= 0.3 is 0 Å². The number of pyridine rings is 1. The van der Waals surface area contributed by atoms with Gasteiger partial charge in [0.1, 0.15) is 0 Å². The highest BCUT2D eigenvalue weighted by molar-refractivity contribution is 5.85. The lowest BCUT2D eigenvalue weighted by Crippen LogP contribution is -2.33. The number of hydrogen-bond donors (Lipinski definition) is 2. The number of hydrogen-bond acceptors (Lipinski definition) is 3. The zero-order chi connectivity index (χ0) is 12.5. The zero-order valence-corrected chi connectivity index (χ0v) is 13.1. The number of carbonyl (C=O) groups is 1. The summed E-state index contributed by atoms with van der Waals surface area (Å²) < 4.78 is 0. The molecule has 0 unspecified atom stereocenters. The Bertz CT molecular complexity index is 344. The van der Waals surface area contributed by atoms with Crippen molar-refractivity contribution >= 4 is 30.7 Å². The standard InChI is InChI=1S/C13H21N3O.2ClH/c1-3-6-14-7-8-15-13(17)9-12-5-4-11(2)16-10-12;;/h4-5,10,14H,3,6-9H2,1-2H3,(H,15,17);2*1H. The maximum Gasteiger partial charge on any atom is 0.224 e. The molecule has 0 radical (unpaired) electrons. The van der Waals surface area contributed by atoms with E-state index in [0.717, 1.165) is 30.8 Å². The Morgan fingerprint density at radius 1 is 1.21 bits per heavy atom. The van der Waals surface area contributed by atoms with Crippen molar-refractivity contribution in [2.75, 3.05) is 19.6 Å². The number of rotatable bonds is 7. The van der Waals surface area contributed by atoms with Gasteiger partial charge in [-0.2, -0.15) is 0 Å². The maximum absolute atomic E-state index is 11.6. The molecule has 1 rings (SSSR count). The second kappa shape index (κ2) is 12.2. The first-order valence-electron chi connectivity index (χ1n) is 6.11. The first kappa shape index (κ1) is 20.5. The van der Waals surface area contributed by atoms with E-state index in [9.17, 15) is 4.79 Å². The van der Waals surface area contributed by atoms with Gasteiger partial charge in [0.15, 0.2) is 0 Å². The van der Waals surface area contributed by atoms with Gasteiger partial charge in [-0.25, -0.2) is 0 Å². The van der Waals surface area contributed by atoms with Crippen molar-refractivity contribution in [3.63, 3.8) is 0 Å². The Morgan fingerprint density at radius 3 is 2.53 bits per heavy atom. The summed E-state index contributed by atoms with van der Waals surface area (Å²) in [6.45, 7) is 6.56. The van der Waals surface area contributed by atoms with Gasteiger partial charge in [-0.05, 0) is 31.5 Å². The molecule has 1 amide bonds. The minimum Gasteiger partial charge on any atom is -0.355 e. The average Bonchev–Trinajstić information content (AvgIpc) is 2.32. The van der Waals surface area contributed by atoms with Crippen molar-refractivity contribution in [2.45, 2.75) is 26.7 Å². The molecule has 0 fully saturated rings. The molecule has 6 heteroatoms. The summed E-state index contributed by atoms with van der Waals surface area (Å²) in [7, 11) is 0. The average molecular weight is 308 g/mol. The van der Waals surface area contributed by atoms with Crippen LogP contribution >= 0.6 is 24.8 Å².